The van der Waals surface area contributed by atoms with Crippen molar-refractivity contribution < 1.29 is 9.18 Å². The fraction of sp³-hybridized carbons (Fsp3) is 0.143. The Morgan fingerprint density at radius 3 is 2.81 bits per heavy atom. The molecule has 0 saturated carbocycles. The molecule has 0 radical (unpaired) electrons. The molecule has 0 spiro atoms. The number of amides is 1. The van der Waals surface area contributed by atoms with E-state index in [4.69, 9.17) is 4.98 Å². The number of pyridine rings is 1. The number of carbonyl (C=O) groups excluding carboxylic acids is 1. The first kappa shape index (κ1) is 19.9. The Hall–Kier alpha value is -3.99. The normalized spacial score (nSPS) is 11.4. The third-order valence-electron chi connectivity index (χ3n) is 4.89. The molecule has 1 N–H and O–H groups in total. The van der Waals surface area contributed by atoms with E-state index in [0.29, 0.717) is 28.0 Å². The quantitative estimate of drug-likeness (QED) is 0.434. The number of carbonyl (C=O) groups is 1. The van der Waals surface area contributed by atoms with Crippen molar-refractivity contribution in [1.82, 2.24) is 35.0 Å². The van der Waals surface area contributed by atoms with E-state index >= 15 is 0 Å². The molecule has 5 rings (SSSR count). The van der Waals surface area contributed by atoms with Crippen LogP contribution < -0.4 is 5.32 Å². The van der Waals surface area contributed by atoms with Crippen LogP contribution in [-0.2, 0) is 0 Å². The monoisotopic (exact) mass is 448 g/mol. The molecule has 5 aromatic rings. The van der Waals surface area contributed by atoms with Crippen LogP contribution in [-0.4, -0.2) is 40.9 Å². The number of thiophene rings is 1. The first-order chi connectivity index (χ1) is 15.5. The van der Waals surface area contributed by atoms with E-state index in [1.54, 1.807) is 16.9 Å². The number of hydrogen-bond acceptors (Lipinski definition) is 7. The molecule has 0 fully saturated rings. The number of nitrogens with one attached hydrogen (secondary N) is 1. The number of hydrogen-bond donors (Lipinski definition) is 1. The van der Waals surface area contributed by atoms with Crippen molar-refractivity contribution in [1.29, 1.82) is 0 Å². The van der Waals surface area contributed by atoms with Gasteiger partial charge in [-0.05, 0) is 60.0 Å². The number of nitrogens with zero attached hydrogens (tertiary/aromatic N) is 7. The molecular formula is C21H17FN8OS. The van der Waals surface area contributed by atoms with Gasteiger partial charge in [0.05, 0.1) is 39.1 Å². The van der Waals surface area contributed by atoms with E-state index < -0.39 is 11.7 Å². The molecule has 0 atom stereocenters. The average molecular weight is 448 g/mol. The molecule has 0 saturated heterocycles. The summed E-state index contributed by atoms with van der Waals surface area (Å²) in [6.07, 6.45) is 3.00. The number of fused-ring (bicyclic) bond motifs is 1. The second-order valence-corrected chi connectivity index (χ2v) is 8.27. The highest BCUT2D eigenvalue weighted by atomic mass is 32.1. The highest BCUT2D eigenvalue weighted by Gasteiger charge is 2.20. The van der Waals surface area contributed by atoms with Gasteiger partial charge in [-0.3, -0.25) is 4.79 Å². The molecule has 0 aliphatic heterocycles. The number of tetrazole rings is 1. The minimum atomic E-state index is -0.572. The summed E-state index contributed by atoms with van der Waals surface area (Å²) in [5.41, 5.74) is 2.14. The molecule has 0 aliphatic rings. The third-order valence-corrected chi connectivity index (χ3v) is 5.78. The fourth-order valence-corrected chi connectivity index (χ4v) is 4.04. The molecule has 32 heavy (non-hydrogen) atoms. The minimum absolute atomic E-state index is 0.0156. The lowest BCUT2D eigenvalue weighted by molar-refractivity contribution is 0.102. The van der Waals surface area contributed by atoms with Crippen LogP contribution in [0.25, 0.3) is 27.3 Å². The summed E-state index contributed by atoms with van der Waals surface area (Å²) >= 11 is 1.52. The number of anilines is 1. The zero-order valence-corrected chi connectivity index (χ0v) is 17.9. The van der Waals surface area contributed by atoms with Crippen molar-refractivity contribution in [3.05, 3.63) is 65.7 Å². The Morgan fingerprint density at radius 1 is 1.22 bits per heavy atom. The Balaban J connectivity index is 1.59. The van der Waals surface area contributed by atoms with Gasteiger partial charge >= 0.3 is 0 Å². The second kappa shape index (κ2) is 7.93. The van der Waals surface area contributed by atoms with E-state index in [1.807, 2.05) is 31.4 Å². The zero-order valence-electron chi connectivity index (χ0n) is 17.1. The summed E-state index contributed by atoms with van der Waals surface area (Å²) < 4.78 is 17.7. The van der Waals surface area contributed by atoms with Gasteiger partial charge in [-0.25, -0.2) is 18.7 Å². The minimum Gasteiger partial charge on any atom is -0.319 e. The van der Waals surface area contributed by atoms with Crippen molar-refractivity contribution >= 4 is 34.0 Å². The van der Waals surface area contributed by atoms with Crippen LogP contribution in [0.1, 0.15) is 30.2 Å². The topological polar surface area (TPSA) is 103 Å². The Bertz CT molecular complexity index is 1410. The van der Waals surface area contributed by atoms with Crippen LogP contribution in [0.3, 0.4) is 0 Å². The number of halogens is 1. The van der Waals surface area contributed by atoms with Crippen molar-refractivity contribution in [3.63, 3.8) is 0 Å². The van der Waals surface area contributed by atoms with Crippen LogP contribution in [0, 0.1) is 5.82 Å². The third kappa shape index (κ3) is 3.52. The largest absolute Gasteiger partial charge is 0.319 e. The van der Waals surface area contributed by atoms with E-state index in [1.165, 1.54) is 40.5 Å². The van der Waals surface area contributed by atoms with Gasteiger partial charge in [0, 0.05) is 6.04 Å². The average Bonchev–Trinajstić information content (AvgIpc) is 3.55. The lowest BCUT2D eigenvalue weighted by atomic mass is 10.1. The van der Waals surface area contributed by atoms with Gasteiger partial charge in [0.2, 0.25) is 0 Å². The van der Waals surface area contributed by atoms with Gasteiger partial charge in [0.25, 0.3) is 5.91 Å². The molecule has 4 heterocycles. The molecule has 1 aromatic carbocycles. The van der Waals surface area contributed by atoms with Crippen LogP contribution >= 0.6 is 11.3 Å². The smallest absolute Gasteiger partial charge is 0.256 e. The van der Waals surface area contributed by atoms with Gasteiger partial charge < -0.3 is 5.32 Å². The maximum absolute atomic E-state index is 14.5. The molecule has 9 nitrogen and oxygen atoms in total. The summed E-state index contributed by atoms with van der Waals surface area (Å²) in [7, 11) is 0. The predicted octanol–water partition coefficient (Wildman–Crippen LogP) is 4.11. The lowest BCUT2D eigenvalue weighted by Gasteiger charge is -2.11. The molecular weight excluding hydrogens is 431 g/mol. The van der Waals surface area contributed by atoms with Crippen LogP contribution in [0.15, 0.2) is 54.3 Å². The highest BCUT2D eigenvalue weighted by molar-refractivity contribution is 7.13. The van der Waals surface area contributed by atoms with Crippen molar-refractivity contribution in [2.75, 3.05) is 5.32 Å². The number of rotatable bonds is 5. The summed E-state index contributed by atoms with van der Waals surface area (Å²) in [5, 5.41) is 20.6. The van der Waals surface area contributed by atoms with Gasteiger partial charge in [-0.15, -0.1) is 16.4 Å². The summed E-state index contributed by atoms with van der Waals surface area (Å²) in [6.45, 7) is 3.98. The first-order valence-corrected chi connectivity index (χ1v) is 10.7. The maximum Gasteiger partial charge on any atom is 0.256 e. The Morgan fingerprint density at radius 2 is 2.09 bits per heavy atom. The van der Waals surface area contributed by atoms with E-state index in [-0.39, 0.29) is 11.7 Å². The van der Waals surface area contributed by atoms with Crippen molar-refractivity contribution in [2.45, 2.75) is 19.9 Å². The number of benzene rings is 1. The van der Waals surface area contributed by atoms with Gasteiger partial charge in [0.15, 0.2) is 5.65 Å². The molecule has 11 heteroatoms. The van der Waals surface area contributed by atoms with Crippen LogP contribution in [0.5, 0.6) is 0 Å². The predicted molar refractivity (Wildman–Crippen MR) is 118 cm³/mol. The molecule has 0 unspecified atom stereocenters. The van der Waals surface area contributed by atoms with E-state index in [0.717, 1.165) is 4.88 Å². The standard InChI is InChI=1S/C21H17FN8OS/c1-12(2)30-20-15(10-24-30)14(9-18(25-20)19-4-3-7-32-19)21(31)26-17-8-13(5-6-16(17)22)29-11-23-27-28-29/h3-12H,1-2H3,(H,26,31). The van der Waals surface area contributed by atoms with Gasteiger partial charge in [0.1, 0.15) is 12.1 Å². The first-order valence-electron chi connectivity index (χ1n) is 9.77. The summed E-state index contributed by atoms with van der Waals surface area (Å²) in [6, 6.07) is 9.87. The number of aromatic nitrogens is 7. The van der Waals surface area contributed by atoms with Crippen molar-refractivity contribution in [2.24, 2.45) is 0 Å². The molecule has 4 aromatic heterocycles. The van der Waals surface area contributed by atoms with Gasteiger partial charge in [-0.1, -0.05) is 6.07 Å². The van der Waals surface area contributed by atoms with Crippen LogP contribution in [0.4, 0.5) is 10.1 Å². The highest BCUT2D eigenvalue weighted by Crippen LogP contribution is 2.30. The Kier molecular flexibility index (Phi) is 4.94. The molecule has 0 aliphatic carbocycles. The fourth-order valence-electron chi connectivity index (χ4n) is 3.36. The summed E-state index contributed by atoms with van der Waals surface area (Å²) in [5.74, 6) is -1.04. The van der Waals surface area contributed by atoms with E-state index in [2.05, 4.69) is 25.9 Å². The van der Waals surface area contributed by atoms with Crippen molar-refractivity contribution in [3.8, 4) is 16.3 Å². The molecule has 0 bridgehead atoms. The molecule has 1 amide bonds. The van der Waals surface area contributed by atoms with Crippen LogP contribution in [0.2, 0.25) is 0 Å². The van der Waals surface area contributed by atoms with E-state index in [9.17, 15) is 9.18 Å². The zero-order chi connectivity index (χ0) is 22.2. The maximum atomic E-state index is 14.5. The molecule has 160 valence electrons. The summed E-state index contributed by atoms with van der Waals surface area (Å²) in [4.78, 5) is 19.0. The van der Waals surface area contributed by atoms with Gasteiger partial charge in [-0.2, -0.15) is 5.10 Å². The lowest BCUT2D eigenvalue weighted by Crippen LogP contribution is -2.15. The second-order valence-electron chi connectivity index (χ2n) is 7.33. The Labute approximate surface area is 185 Å². The SMILES string of the molecule is CC(C)n1ncc2c(C(=O)Nc3cc(-n4cnnn4)ccc3F)cc(-c3cccs3)nc21.